The van der Waals surface area contributed by atoms with Gasteiger partial charge in [-0.15, -0.1) is 12.4 Å². The Kier molecular flexibility index (Phi) is 8.22. The van der Waals surface area contributed by atoms with Gasteiger partial charge in [0.25, 0.3) is 0 Å². The minimum Gasteiger partial charge on any atom is -0.339 e. The Hall–Kier alpha value is -1.59. The molecule has 2 atom stereocenters. The van der Waals surface area contributed by atoms with E-state index in [1.807, 2.05) is 31.2 Å². The summed E-state index contributed by atoms with van der Waals surface area (Å²) in [6.07, 6.45) is 3.66. The van der Waals surface area contributed by atoms with Crippen LogP contribution < -0.4 is 11.1 Å². The molecule has 2 unspecified atom stereocenters. The van der Waals surface area contributed by atoms with Crippen LogP contribution in [0.5, 0.6) is 0 Å². The van der Waals surface area contributed by atoms with Gasteiger partial charge >= 0.3 is 0 Å². The Morgan fingerprint density at radius 3 is 2.62 bits per heavy atom. The summed E-state index contributed by atoms with van der Waals surface area (Å²) in [5.41, 5.74) is 7.72. The van der Waals surface area contributed by atoms with Crippen molar-refractivity contribution in [2.24, 2.45) is 11.7 Å². The van der Waals surface area contributed by atoms with Gasteiger partial charge < -0.3 is 16.0 Å². The molecule has 5 nitrogen and oxygen atoms in total. The van der Waals surface area contributed by atoms with Crippen LogP contribution in [0.3, 0.4) is 0 Å². The molecule has 0 spiro atoms. The molecule has 0 saturated heterocycles. The molecular formula is C18H28ClN3O2. The second kappa shape index (κ2) is 9.64. The maximum Gasteiger partial charge on any atom is 0.227 e. The molecule has 0 aliphatic heterocycles. The van der Waals surface area contributed by atoms with Crippen LogP contribution in [0.4, 0.5) is 5.69 Å². The number of anilines is 1. The molecule has 1 aromatic carbocycles. The Morgan fingerprint density at radius 2 is 2.00 bits per heavy atom. The van der Waals surface area contributed by atoms with E-state index in [0.717, 1.165) is 36.9 Å². The van der Waals surface area contributed by atoms with E-state index in [9.17, 15) is 9.59 Å². The number of benzene rings is 1. The second-order valence-electron chi connectivity index (χ2n) is 6.30. The van der Waals surface area contributed by atoms with E-state index < -0.39 is 0 Å². The standard InChI is InChI=1S/C18H27N3O2.ClH/c1-3-21(13(2)22)12-15-7-4-5-10-17(15)20-18(23)14-8-6-9-16(19)11-14;/h4-5,7,10,14,16H,3,6,8-9,11-12,19H2,1-2H3,(H,20,23);1H. The SMILES string of the molecule is CCN(Cc1ccccc1NC(=O)C1CCCC(N)C1)C(C)=O.Cl. The lowest BCUT2D eigenvalue weighted by Crippen LogP contribution is -2.34. The topological polar surface area (TPSA) is 75.4 Å². The highest BCUT2D eigenvalue weighted by Gasteiger charge is 2.25. The number of nitrogens with zero attached hydrogens (tertiary/aromatic N) is 1. The monoisotopic (exact) mass is 353 g/mol. The Labute approximate surface area is 150 Å². The first kappa shape index (κ1) is 20.5. The van der Waals surface area contributed by atoms with E-state index in [1.165, 1.54) is 0 Å². The zero-order valence-electron chi connectivity index (χ0n) is 14.5. The van der Waals surface area contributed by atoms with Crippen LogP contribution in [0.2, 0.25) is 0 Å². The third-order valence-corrected chi connectivity index (χ3v) is 4.55. The molecule has 1 fully saturated rings. The van der Waals surface area contributed by atoms with Crippen molar-refractivity contribution in [3.05, 3.63) is 29.8 Å². The van der Waals surface area contributed by atoms with Crippen LogP contribution in [-0.4, -0.2) is 29.3 Å². The third kappa shape index (κ3) is 5.49. The minimum atomic E-state index is -0.0121. The van der Waals surface area contributed by atoms with Gasteiger partial charge in [-0.25, -0.2) is 0 Å². The zero-order valence-corrected chi connectivity index (χ0v) is 15.3. The molecule has 6 heteroatoms. The lowest BCUT2D eigenvalue weighted by molar-refractivity contribution is -0.129. The lowest BCUT2D eigenvalue weighted by atomic mass is 9.85. The molecule has 134 valence electrons. The number of halogens is 1. The molecule has 0 bridgehead atoms. The van der Waals surface area contributed by atoms with Crippen LogP contribution >= 0.6 is 12.4 Å². The van der Waals surface area contributed by atoms with E-state index in [0.29, 0.717) is 13.1 Å². The average Bonchev–Trinajstić information content (AvgIpc) is 2.53. The largest absolute Gasteiger partial charge is 0.339 e. The van der Waals surface area contributed by atoms with E-state index in [1.54, 1.807) is 11.8 Å². The molecule has 1 saturated carbocycles. The number of hydrogen-bond donors (Lipinski definition) is 2. The van der Waals surface area contributed by atoms with Crippen molar-refractivity contribution < 1.29 is 9.59 Å². The summed E-state index contributed by atoms with van der Waals surface area (Å²) in [4.78, 5) is 25.9. The highest BCUT2D eigenvalue weighted by Crippen LogP contribution is 2.25. The predicted molar refractivity (Wildman–Crippen MR) is 99.0 cm³/mol. The molecule has 1 aliphatic carbocycles. The van der Waals surface area contributed by atoms with Gasteiger partial charge in [0.05, 0.1) is 0 Å². The number of carbonyl (C=O) groups excluding carboxylic acids is 2. The van der Waals surface area contributed by atoms with Crippen LogP contribution in [-0.2, 0) is 16.1 Å². The molecule has 0 heterocycles. The third-order valence-electron chi connectivity index (χ3n) is 4.55. The number of nitrogens with two attached hydrogens (primary N) is 1. The smallest absolute Gasteiger partial charge is 0.227 e. The lowest BCUT2D eigenvalue weighted by Gasteiger charge is -2.26. The quantitative estimate of drug-likeness (QED) is 0.854. The van der Waals surface area contributed by atoms with Gasteiger partial charge in [-0.3, -0.25) is 9.59 Å². The Balaban J connectivity index is 0.00000288. The van der Waals surface area contributed by atoms with E-state index in [4.69, 9.17) is 5.73 Å². The number of amides is 2. The normalized spacial score (nSPS) is 20.0. The number of para-hydroxylation sites is 1. The highest BCUT2D eigenvalue weighted by molar-refractivity contribution is 5.93. The zero-order chi connectivity index (χ0) is 16.8. The molecule has 1 aliphatic rings. The number of carbonyl (C=O) groups is 2. The van der Waals surface area contributed by atoms with E-state index in [2.05, 4.69) is 5.32 Å². The maximum atomic E-state index is 12.5. The first-order valence-electron chi connectivity index (χ1n) is 8.41. The number of rotatable bonds is 5. The summed E-state index contributed by atoms with van der Waals surface area (Å²) in [5.74, 6) is 0.0623. The van der Waals surface area contributed by atoms with Gasteiger partial charge in [-0.05, 0) is 37.8 Å². The van der Waals surface area contributed by atoms with Gasteiger partial charge in [0.15, 0.2) is 0 Å². The van der Waals surface area contributed by atoms with Gasteiger partial charge in [-0.1, -0.05) is 24.6 Å². The fourth-order valence-electron chi connectivity index (χ4n) is 3.13. The van der Waals surface area contributed by atoms with Crippen LogP contribution in [0.15, 0.2) is 24.3 Å². The fraction of sp³-hybridized carbons (Fsp3) is 0.556. The van der Waals surface area contributed by atoms with Gasteiger partial charge in [-0.2, -0.15) is 0 Å². The number of nitrogens with one attached hydrogen (secondary N) is 1. The Morgan fingerprint density at radius 1 is 1.29 bits per heavy atom. The summed E-state index contributed by atoms with van der Waals surface area (Å²) in [5, 5.41) is 3.04. The molecule has 3 N–H and O–H groups in total. The molecule has 24 heavy (non-hydrogen) atoms. The van der Waals surface area contributed by atoms with Crippen LogP contribution in [0, 0.1) is 5.92 Å². The molecule has 2 rings (SSSR count). The molecule has 0 aromatic heterocycles. The number of hydrogen-bond acceptors (Lipinski definition) is 3. The van der Waals surface area contributed by atoms with Crippen LogP contribution in [0.25, 0.3) is 0 Å². The summed E-state index contributed by atoms with van der Waals surface area (Å²) in [7, 11) is 0. The first-order valence-corrected chi connectivity index (χ1v) is 8.41. The second-order valence-corrected chi connectivity index (χ2v) is 6.30. The summed E-state index contributed by atoms with van der Waals surface area (Å²) in [6, 6.07) is 7.80. The van der Waals surface area contributed by atoms with Gasteiger partial charge in [0, 0.05) is 37.7 Å². The molecule has 0 radical (unpaired) electrons. The van der Waals surface area contributed by atoms with Gasteiger partial charge in [0.1, 0.15) is 0 Å². The molecular weight excluding hydrogens is 326 g/mol. The maximum absolute atomic E-state index is 12.5. The predicted octanol–water partition coefficient (Wildman–Crippen LogP) is 2.93. The van der Waals surface area contributed by atoms with Crippen molar-refractivity contribution >= 4 is 29.9 Å². The molecule has 1 aromatic rings. The fourth-order valence-corrected chi connectivity index (χ4v) is 3.13. The summed E-state index contributed by atoms with van der Waals surface area (Å²) >= 11 is 0. The van der Waals surface area contributed by atoms with Crippen LogP contribution in [0.1, 0.15) is 45.1 Å². The van der Waals surface area contributed by atoms with Crippen molar-refractivity contribution in [1.29, 1.82) is 0 Å². The Bertz CT molecular complexity index is 565. The van der Waals surface area contributed by atoms with Crippen molar-refractivity contribution in [2.45, 2.75) is 52.1 Å². The highest BCUT2D eigenvalue weighted by atomic mass is 35.5. The van der Waals surface area contributed by atoms with Crippen molar-refractivity contribution in [1.82, 2.24) is 4.90 Å². The van der Waals surface area contributed by atoms with Gasteiger partial charge in [0.2, 0.25) is 11.8 Å². The summed E-state index contributed by atoms with van der Waals surface area (Å²) < 4.78 is 0. The van der Waals surface area contributed by atoms with E-state index >= 15 is 0 Å². The van der Waals surface area contributed by atoms with Crippen molar-refractivity contribution in [3.63, 3.8) is 0 Å². The molecule has 2 amide bonds. The summed E-state index contributed by atoms with van der Waals surface area (Å²) in [6.45, 7) is 4.67. The van der Waals surface area contributed by atoms with E-state index in [-0.39, 0.29) is 36.2 Å². The average molecular weight is 354 g/mol. The first-order chi connectivity index (χ1) is 11.0. The minimum absolute atomic E-state index is 0. The van der Waals surface area contributed by atoms with Crippen molar-refractivity contribution in [2.75, 3.05) is 11.9 Å². The van der Waals surface area contributed by atoms with Crippen molar-refractivity contribution in [3.8, 4) is 0 Å².